The van der Waals surface area contributed by atoms with Gasteiger partial charge in [-0.15, -0.1) is 0 Å². The molecule has 2 aromatic carbocycles. The Morgan fingerprint density at radius 3 is 2.57 bits per heavy atom. The Balaban J connectivity index is 1.83. The number of aromatic nitrogens is 2. The van der Waals surface area contributed by atoms with Gasteiger partial charge in [-0.3, -0.25) is 4.79 Å². The lowest BCUT2D eigenvalue weighted by Gasteiger charge is -2.12. The quantitative estimate of drug-likeness (QED) is 0.669. The first kappa shape index (κ1) is 19.1. The maximum atomic E-state index is 12.6. The molecule has 0 saturated carbocycles. The molecule has 1 aromatic heterocycles. The molecule has 2 N–H and O–H groups in total. The molecule has 8 heteroatoms. The molecule has 28 heavy (non-hydrogen) atoms. The largest absolute Gasteiger partial charge is 0.495 e. The molecule has 3 aromatic rings. The fourth-order valence-corrected chi connectivity index (χ4v) is 2.66. The standard InChI is InChI=1S/C20H16ClN5O2/c1-12-23-17(20(27)25-15-6-3-13(11-22)4-7-15)10-19(24-12)26-16-9-14(21)5-8-18(16)28-2/h3-10H,1-2H3,(H,25,27)(H,23,24,26). The molecule has 0 atom stereocenters. The Labute approximate surface area is 167 Å². The molecule has 0 aliphatic rings. The molecule has 140 valence electrons. The minimum absolute atomic E-state index is 0.195. The topological polar surface area (TPSA) is 99.9 Å². The van der Waals surface area contributed by atoms with Gasteiger partial charge in [0, 0.05) is 16.8 Å². The number of carbonyl (C=O) groups excluding carboxylic acids is 1. The second-order valence-electron chi connectivity index (χ2n) is 5.80. The van der Waals surface area contributed by atoms with Crippen LogP contribution in [-0.2, 0) is 0 Å². The third kappa shape index (κ3) is 4.55. The first-order valence-electron chi connectivity index (χ1n) is 8.26. The zero-order valence-electron chi connectivity index (χ0n) is 15.2. The average molecular weight is 394 g/mol. The number of halogens is 1. The summed E-state index contributed by atoms with van der Waals surface area (Å²) in [6, 6.07) is 15.3. The van der Waals surface area contributed by atoms with Crippen LogP contribution in [0, 0.1) is 18.3 Å². The van der Waals surface area contributed by atoms with Crippen molar-refractivity contribution in [1.29, 1.82) is 5.26 Å². The first-order valence-corrected chi connectivity index (χ1v) is 8.64. The summed E-state index contributed by atoms with van der Waals surface area (Å²) in [5.41, 5.74) is 1.89. The van der Waals surface area contributed by atoms with Crippen molar-refractivity contribution in [3.63, 3.8) is 0 Å². The molecule has 7 nitrogen and oxygen atoms in total. The van der Waals surface area contributed by atoms with Crippen molar-refractivity contribution in [2.45, 2.75) is 6.92 Å². The lowest BCUT2D eigenvalue weighted by Crippen LogP contribution is -2.15. The number of rotatable bonds is 5. The van der Waals surface area contributed by atoms with Gasteiger partial charge in [0.05, 0.1) is 24.4 Å². The average Bonchev–Trinajstić information content (AvgIpc) is 2.68. The molecule has 0 radical (unpaired) electrons. The van der Waals surface area contributed by atoms with E-state index < -0.39 is 5.91 Å². The van der Waals surface area contributed by atoms with Crippen LogP contribution in [0.25, 0.3) is 0 Å². The Hall–Kier alpha value is -3.63. The molecule has 0 fully saturated rings. The van der Waals surface area contributed by atoms with Gasteiger partial charge in [-0.2, -0.15) is 5.26 Å². The summed E-state index contributed by atoms with van der Waals surface area (Å²) in [6.07, 6.45) is 0. The van der Waals surface area contributed by atoms with Crippen molar-refractivity contribution in [3.8, 4) is 11.8 Å². The molecule has 3 rings (SSSR count). The SMILES string of the molecule is COc1ccc(Cl)cc1Nc1cc(C(=O)Nc2ccc(C#N)cc2)nc(C)n1. The van der Waals surface area contributed by atoms with E-state index in [9.17, 15) is 4.79 Å². The van der Waals surface area contributed by atoms with Gasteiger partial charge in [0.25, 0.3) is 5.91 Å². The lowest BCUT2D eigenvalue weighted by molar-refractivity contribution is 0.102. The summed E-state index contributed by atoms with van der Waals surface area (Å²) in [5.74, 6) is 1.05. The summed E-state index contributed by atoms with van der Waals surface area (Å²) < 4.78 is 5.31. The molecule has 0 saturated heterocycles. The van der Waals surface area contributed by atoms with Crippen molar-refractivity contribution in [2.24, 2.45) is 0 Å². The maximum absolute atomic E-state index is 12.6. The molecule has 0 bridgehead atoms. The molecular weight excluding hydrogens is 378 g/mol. The Bertz CT molecular complexity index is 1060. The highest BCUT2D eigenvalue weighted by molar-refractivity contribution is 6.31. The van der Waals surface area contributed by atoms with Gasteiger partial charge in [0.15, 0.2) is 0 Å². The smallest absolute Gasteiger partial charge is 0.274 e. The molecule has 0 unspecified atom stereocenters. The monoisotopic (exact) mass is 393 g/mol. The van der Waals surface area contributed by atoms with Crippen LogP contribution in [0.5, 0.6) is 5.75 Å². The number of nitrogens with one attached hydrogen (secondary N) is 2. The van der Waals surface area contributed by atoms with E-state index in [-0.39, 0.29) is 5.69 Å². The van der Waals surface area contributed by atoms with Crippen LogP contribution in [0.2, 0.25) is 5.02 Å². The van der Waals surface area contributed by atoms with Gasteiger partial charge in [-0.1, -0.05) is 11.6 Å². The number of nitriles is 1. The number of benzene rings is 2. The first-order chi connectivity index (χ1) is 13.5. The number of hydrogen-bond donors (Lipinski definition) is 2. The minimum atomic E-state index is -0.392. The van der Waals surface area contributed by atoms with Gasteiger partial charge in [-0.25, -0.2) is 9.97 Å². The lowest BCUT2D eigenvalue weighted by atomic mass is 10.2. The molecular formula is C20H16ClN5O2. The summed E-state index contributed by atoms with van der Waals surface area (Å²) in [5, 5.41) is 15.2. The van der Waals surface area contributed by atoms with Crippen molar-refractivity contribution < 1.29 is 9.53 Å². The van der Waals surface area contributed by atoms with Crippen molar-refractivity contribution in [2.75, 3.05) is 17.7 Å². The van der Waals surface area contributed by atoms with E-state index in [1.54, 1.807) is 56.5 Å². The van der Waals surface area contributed by atoms with Gasteiger partial charge in [0.1, 0.15) is 23.1 Å². The van der Waals surface area contributed by atoms with Crippen LogP contribution in [0.3, 0.4) is 0 Å². The van der Waals surface area contributed by atoms with Crippen LogP contribution >= 0.6 is 11.6 Å². The van der Waals surface area contributed by atoms with Crippen LogP contribution in [0.1, 0.15) is 21.9 Å². The van der Waals surface area contributed by atoms with Crippen LogP contribution in [0.15, 0.2) is 48.5 Å². The highest BCUT2D eigenvalue weighted by Gasteiger charge is 2.13. The van der Waals surface area contributed by atoms with E-state index in [1.807, 2.05) is 6.07 Å². The van der Waals surface area contributed by atoms with Crippen LogP contribution in [-0.4, -0.2) is 23.0 Å². The number of nitrogens with zero attached hydrogens (tertiary/aromatic N) is 3. The normalized spacial score (nSPS) is 10.1. The number of amides is 1. The van der Waals surface area contributed by atoms with Gasteiger partial charge >= 0.3 is 0 Å². The molecule has 1 heterocycles. The van der Waals surface area contributed by atoms with E-state index in [4.69, 9.17) is 21.6 Å². The number of ether oxygens (including phenoxy) is 1. The molecule has 0 aliphatic carbocycles. The fourth-order valence-electron chi connectivity index (χ4n) is 2.49. The highest BCUT2D eigenvalue weighted by atomic mass is 35.5. The van der Waals surface area contributed by atoms with Gasteiger partial charge < -0.3 is 15.4 Å². The van der Waals surface area contributed by atoms with Crippen LogP contribution < -0.4 is 15.4 Å². The third-order valence-electron chi connectivity index (χ3n) is 3.77. The number of carbonyl (C=O) groups is 1. The third-order valence-corrected chi connectivity index (χ3v) is 4.00. The summed E-state index contributed by atoms with van der Waals surface area (Å²) in [6.45, 7) is 1.69. The number of hydrogen-bond acceptors (Lipinski definition) is 6. The van der Waals surface area contributed by atoms with Crippen molar-refractivity contribution in [1.82, 2.24) is 9.97 Å². The Kier molecular flexibility index (Phi) is 5.72. The minimum Gasteiger partial charge on any atom is -0.495 e. The Morgan fingerprint density at radius 1 is 1.14 bits per heavy atom. The van der Waals surface area contributed by atoms with Gasteiger partial charge in [0.2, 0.25) is 0 Å². The molecule has 0 aliphatic heterocycles. The second kappa shape index (κ2) is 8.37. The summed E-state index contributed by atoms with van der Waals surface area (Å²) in [4.78, 5) is 21.1. The fraction of sp³-hybridized carbons (Fsp3) is 0.100. The highest BCUT2D eigenvalue weighted by Crippen LogP contribution is 2.30. The number of methoxy groups -OCH3 is 1. The Morgan fingerprint density at radius 2 is 1.89 bits per heavy atom. The number of aryl methyl sites for hydroxylation is 1. The summed E-state index contributed by atoms with van der Waals surface area (Å²) >= 11 is 6.05. The van der Waals surface area contributed by atoms with E-state index in [0.717, 1.165) is 0 Å². The zero-order valence-corrected chi connectivity index (χ0v) is 15.9. The predicted molar refractivity (Wildman–Crippen MR) is 107 cm³/mol. The molecule has 0 spiro atoms. The van der Waals surface area contributed by atoms with Crippen molar-refractivity contribution >= 4 is 34.7 Å². The van der Waals surface area contributed by atoms with Crippen molar-refractivity contribution in [3.05, 3.63) is 70.6 Å². The van der Waals surface area contributed by atoms with Gasteiger partial charge in [-0.05, 0) is 49.4 Å². The van der Waals surface area contributed by atoms with Crippen LogP contribution in [0.4, 0.5) is 17.2 Å². The zero-order chi connectivity index (χ0) is 20.1. The van der Waals surface area contributed by atoms with E-state index >= 15 is 0 Å². The predicted octanol–water partition coefficient (Wildman–Crippen LogP) is 4.31. The second-order valence-corrected chi connectivity index (χ2v) is 6.23. The maximum Gasteiger partial charge on any atom is 0.274 e. The summed E-state index contributed by atoms with van der Waals surface area (Å²) in [7, 11) is 1.55. The number of anilines is 3. The van der Waals surface area contributed by atoms with E-state index in [2.05, 4.69) is 20.6 Å². The molecule has 1 amide bonds. The van der Waals surface area contributed by atoms with E-state index in [1.165, 1.54) is 6.07 Å². The van der Waals surface area contributed by atoms with E-state index in [0.29, 0.717) is 39.4 Å².